The van der Waals surface area contributed by atoms with E-state index in [9.17, 15) is 18.0 Å². The molecule has 36 heavy (non-hydrogen) atoms. The van der Waals surface area contributed by atoms with Crippen LogP contribution in [-0.2, 0) is 26.2 Å². The van der Waals surface area contributed by atoms with Crippen LogP contribution in [0.2, 0.25) is 0 Å². The van der Waals surface area contributed by atoms with E-state index in [1.807, 2.05) is 26.0 Å². The SMILES string of the molecule is COc1ccc(CN(C(=O)CCCN(c2cccc(OC)c2)S(C)(=O)=O)[C@H](C)C(=O)NC(C)C)cc1. The molecule has 0 saturated carbocycles. The third-order valence-corrected chi connectivity index (χ3v) is 6.80. The highest BCUT2D eigenvalue weighted by molar-refractivity contribution is 7.92. The Balaban J connectivity index is 2.18. The van der Waals surface area contributed by atoms with E-state index in [1.165, 1.54) is 16.3 Å². The van der Waals surface area contributed by atoms with Crippen molar-refractivity contribution in [2.45, 2.75) is 52.2 Å². The summed E-state index contributed by atoms with van der Waals surface area (Å²) < 4.78 is 36.6. The van der Waals surface area contributed by atoms with Crippen molar-refractivity contribution < 1.29 is 27.5 Å². The number of sulfonamides is 1. The lowest BCUT2D eigenvalue weighted by molar-refractivity contribution is -0.140. The van der Waals surface area contributed by atoms with Crippen molar-refractivity contribution in [2.75, 3.05) is 31.3 Å². The summed E-state index contributed by atoms with van der Waals surface area (Å²) in [6.07, 6.45) is 1.48. The summed E-state index contributed by atoms with van der Waals surface area (Å²) in [6, 6.07) is 13.3. The fourth-order valence-corrected chi connectivity index (χ4v) is 4.64. The number of ether oxygens (including phenoxy) is 2. The molecule has 0 radical (unpaired) electrons. The van der Waals surface area contributed by atoms with Crippen LogP contribution in [0.4, 0.5) is 5.69 Å². The van der Waals surface area contributed by atoms with Crippen LogP contribution in [0.1, 0.15) is 39.2 Å². The largest absolute Gasteiger partial charge is 0.497 e. The van der Waals surface area contributed by atoms with Crippen molar-refractivity contribution in [3.63, 3.8) is 0 Å². The number of carbonyl (C=O) groups is 2. The van der Waals surface area contributed by atoms with Gasteiger partial charge in [-0.3, -0.25) is 13.9 Å². The second kappa shape index (κ2) is 13.2. The number of methoxy groups -OCH3 is 2. The maximum absolute atomic E-state index is 13.3. The second-order valence-electron chi connectivity index (χ2n) is 8.85. The molecule has 0 bridgehead atoms. The van der Waals surface area contributed by atoms with Crippen LogP contribution in [0.25, 0.3) is 0 Å². The number of anilines is 1. The Morgan fingerprint density at radius 2 is 1.61 bits per heavy atom. The highest BCUT2D eigenvalue weighted by atomic mass is 32.2. The third kappa shape index (κ3) is 8.44. The lowest BCUT2D eigenvalue weighted by Crippen LogP contribution is -2.49. The molecule has 10 heteroatoms. The minimum absolute atomic E-state index is 0.0657. The fraction of sp³-hybridized carbons (Fsp3) is 0.462. The van der Waals surface area contributed by atoms with Gasteiger partial charge in [0.1, 0.15) is 17.5 Å². The van der Waals surface area contributed by atoms with Gasteiger partial charge in [-0.05, 0) is 57.0 Å². The molecule has 0 aliphatic heterocycles. The number of hydrogen-bond donors (Lipinski definition) is 1. The zero-order chi connectivity index (χ0) is 26.9. The first kappa shape index (κ1) is 29.0. The Hall–Kier alpha value is -3.27. The molecule has 0 spiro atoms. The summed E-state index contributed by atoms with van der Waals surface area (Å²) in [5.74, 6) is 0.742. The van der Waals surface area contributed by atoms with Gasteiger partial charge in [-0.2, -0.15) is 0 Å². The van der Waals surface area contributed by atoms with Crippen molar-refractivity contribution in [3.05, 3.63) is 54.1 Å². The molecule has 198 valence electrons. The summed E-state index contributed by atoms with van der Waals surface area (Å²) in [4.78, 5) is 27.6. The molecule has 2 amide bonds. The molecule has 2 rings (SSSR count). The van der Waals surface area contributed by atoms with Crippen molar-refractivity contribution in [1.29, 1.82) is 0 Å². The molecule has 1 N–H and O–H groups in total. The maximum Gasteiger partial charge on any atom is 0.242 e. The van der Waals surface area contributed by atoms with Crippen molar-refractivity contribution in [2.24, 2.45) is 0 Å². The summed E-state index contributed by atoms with van der Waals surface area (Å²) in [5, 5.41) is 2.86. The van der Waals surface area contributed by atoms with Gasteiger partial charge >= 0.3 is 0 Å². The lowest BCUT2D eigenvalue weighted by atomic mass is 10.1. The van der Waals surface area contributed by atoms with Gasteiger partial charge in [0, 0.05) is 31.6 Å². The number of nitrogens with one attached hydrogen (secondary N) is 1. The first-order chi connectivity index (χ1) is 17.0. The first-order valence-electron chi connectivity index (χ1n) is 11.8. The normalized spacial score (nSPS) is 12.1. The summed E-state index contributed by atoms with van der Waals surface area (Å²) >= 11 is 0. The van der Waals surface area contributed by atoms with E-state index in [-0.39, 0.29) is 43.8 Å². The number of nitrogens with zero attached hydrogens (tertiary/aromatic N) is 2. The zero-order valence-corrected chi connectivity index (χ0v) is 22.7. The number of rotatable bonds is 13. The molecule has 0 aliphatic rings. The molecular weight excluding hydrogens is 482 g/mol. The van der Waals surface area contributed by atoms with Crippen molar-refractivity contribution >= 4 is 27.5 Å². The maximum atomic E-state index is 13.3. The lowest BCUT2D eigenvalue weighted by Gasteiger charge is -2.30. The van der Waals surface area contributed by atoms with Crippen LogP contribution in [-0.4, -0.2) is 64.2 Å². The van der Waals surface area contributed by atoms with Crippen LogP contribution in [0, 0.1) is 0 Å². The minimum Gasteiger partial charge on any atom is -0.497 e. The van der Waals surface area contributed by atoms with E-state index in [0.29, 0.717) is 17.2 Å². The summed E-state index contributed by atoms with van der Waals surface area (Å²) in [7, 11) is -0.494. The molecule has 2 aromatic carbocycles. The number of hydrogen-bond acceptors (Lipinski definition) is 6. The molecule has 2 aromatic rings. The van der Waals surface area contributed by atoms with E-state index in [0.717, 1.165) is 11.8 Å². The molecule has 0 unspecified atom stereocenters. The summed E-state index contributed by atoms with van der Waals surface area (Å²) in [5.41, 5.74) is 1.31. The monoisotopic (exact) mass is 519 g/mol. The van der Waals surface area contributed by atoms with Crippen LogP contribution < -0.4 is 19.1 Å². The second-order valence-corrected chi connectivity index (χ2v) is 10.8. The van der Waals surface area contributed by atoms with Crippen molar-refractivity contribution in [1.82, 2.24) is 10.2 Å². The molecule has 0 saturated heterocycles. The highest BCUT2D eigenvalue weighted by Gasteiger charge is 2.27. The molecule has 1 atom stereocenters. The van der Waals surface area contributed by atoms with Gasteiger partial charge in [0.2, 0.25) is 21.8 Å². The minimum atomic E-state index is -3.58. The third-order valence-electron chi connectivity index (χ3n) is 5.60. The Kier molecular flexibility index (Phi) is 10.6. The number of carbonyl (C=O) groups excluding carboxylic acids is 2. The van der Waals surface area contributed by atoms with E-state index < -0.39 is 16.1 Å². The van der Waals surface area contributed by atoms with Gasteiger partial charge in [0.05, 0.1) is 26.2 Å². The van der Waals surface area contributed by atoms with Gasteiger partial charge in [-0.25, -0.2) is 8.42 Å². The van der Waals surface area contributed by atoms with Gasteiger partial charge in [0.15, 0.2) is 0 Å². The predicted octanol–water partition coefficient (Wildman–Crippen LogP) is 3.19. The Morgan fingerprint density at radius 3 is 2.17 bits per heavy atom. The molecule has 0 aliphatic carbocycles. The number of benzene rings is 2. The number of amides is 2. The topological polar surface area (TPSA) is 105 Å². The van der Waals surface area contributed by atoms with Crippen LogP contribution in [0.3, 0.4) is 0 Å². The first-order valence-corrected chi connectivity index (χ1v) is 13.7. The molecule has 0 heterocycles. The molecule has 0 aromatic heterocycles. The van der Waals surface area contributed by atoms with Crippen molar-refractivity contribution in [3.8, 4) is 11.5 Å². The highest BCUT2D eigenvalue weighted by Crippen LogP contribution is 2.24. The molecular formula is C26H37N3O6S. The average Bonchev–Trinajstić information content (AvgIpc) is 2.83. The Bertz CT molecular complexity index is 1120. The van der Waals surface area contributed by atoms with Crippen LogP contribution in [0.15, 0.2) is 48.5 Å². The zero-order valence-electron chi connectivity index (χ0n) is 21.9. The quantitative estimate of drug-likeness (QED) is 0.436. The average molecular weight is 520 g/mol. The molecule has 0 fully saturated rings. The van der Waals surface area contributed by atoms with E-state index in [1.54, 1.807) is 50.4 Å². The van der Waals surface area contributed by atoms with E-state index in [4.69, 9.17) is 9.47 Å². The van der Waals surface area contributed by atoms with Crippen LogP contribution >= 0.6 is 0 Å². The van der Waals surface area contributed by atoms with Gasteiger partial charge in [0.25, 0.3) is 0 Å². The van der Waals surface area contributed by atoms with E-state index in [2.05, 4.69) is 5.32 Å². The molecule has 9 nitrogen and oxygen atoms in total. The fourth-order valence-electron chi connectivity index (χ4n) is 3.68. The Morgan fingerprint density at radius 1 is 0.972 bits per heavy atom. The smallest absolute Gasteiger partial charge is 0.242 e. The summed E-state index contributed by atoms with van der Waals surface area (Å²) in [6.45, 7) is 5.76. The standard InChI is InChI=1S/C26H37N3O6S/c1-19(2)27-26(31)20(3)28(18-21-12-14-23(34-4)15-13-21)25(30)11-8-16-29(36(6,32)33)22-9-7-10-24(17-22)35-5/h7,9-10,12-15,17,19-20H,8,11,16,18H2,1-6H3,(H,27,31)/t20-/m1/s1. The predicted molar refractivity (Wildman–Crippen MR) is 141 cm³/mol. The van der Waals surface area contributed by atoms with E-state index >= 15 is 0 Å². The van der Waals surface area contributed by atoms with Crippen LogP contribution in [0.5, 0.6) is 11.5 Å². The Labute approximate surface area is 214 Å². The van der Waals surface area contributed by atoms with Gasteiger partial charge in [-0.15, -0.1) is 0 Å². The van der Waals surface area contributed by atoms with Gasteiger partial charge in [-0.1, -0.05) is 18.2 Å². The van der Waals surface area contributed by atoms with Gasteiger partial charge < -0.3 is 19.7 Å².